The van der Waals surface area contributed by atoms with Crippen molar-refractivity contribution >= 4 is 18.7 Å². The SMILES string of the molecule is C=C1C[C@@H](c2ccccc2)O[C@H]1CC[C@@H](C/C=C/C)O[Si](c1ccccc1)(c1ccccc1)C(C)(C)C. The molecule has 0 N–H and O–H groups in total. The van der Waals surface area contributed by atoms with E-state index < -0.39 is 8.32 Å². The number of allylic oxidation sites excluding steroid dienone is 1. The molecule has 0 unspecified atom stereocenters. The lowest BCUT2D eigenvalue weighted by Crippen LogP contribution is -2.67. The number of ether oxygens (including phenoxy) is 1. The molecule has 1 saturated heterocycles. The minimum Gasteiger partial charge on any atom is -0.404 e. The van der Waals surface area contributed by atoms with E-state index in [9.17, 15) is 0 Å². The summed E-state index contributed by atoms with van der Waals surface area (Å²) < 4.78 is 14.0. The second-order valence-corrected chi connectivity index (χ2v) is 15.4. The first-order valence-electron chi connectivity index (χ1n) is 13.6. The largest absolute Gasteiger partial charge is 0.404 e. The molecule has 3 heteroatoms. The molecule has 3 aromatic carbocycles. The molecular formula is C34H42O2Si. The van der Waals surface area contributed by atoms with Gasteiger partial charge < -0.3 is 9.16 Å². The van der Waals surface area contributed by atoms with Crippen LogP contribution >= 0.6 is 0 Å². The zero-order valence-electron chi connectivity index (χ0n) is 22.9. The monoisotopic (exact) mass is 510 g/mol. The van der Waals surface area contributed by atoms with Crippen LogP contribution in [0, 0.1) is 0 Å². The van der Waals surface area contributed by atoms with Gasteiger partial charge in [-0.25, -0.2) is 0 Å². The first-order valence-corrected chi connectivity index (χ1v) is 15.5. The lowest BCUT2D eigenvalue weighted by molar-refractivity contribution is 0.0391. The summed E-state index contributed by atoms with van der Waals surface area (Å²) in [5.74, 6) is 0. The zero-order valence-corrected chi connectivity index (χ0v) is 23.9. The van der Waals surface area contributed by atoms with E-state index in [0.717, 1.165) is 25.7 Å². The molecule has 1 aliphatic rings. The molecule has 0 radical (unpaired) electrons. The van der Waals surface area contributed by atoms with E-state index >= 15 is 0 Å². The molecule has 0 aliphatic carbocycles. The highest BCUT2D eigenvalue weighted by atomic mass is 28.4. The van der Waals surface area contributed by atoms with Crippen molar-refractivity contribution in [2.24, 2.45) is 0 Å². The number of benzene rings is 3. The van der Waals surface area contributed by atoms with Gasteiger partial charge in [0.1, 0.15) is 0 Å². The van der Waals surface area contributed by atoms with Crippen LogP contribution in [0.25, 0.3) is 0 Å². The standard InChI is InChI=1S/C34H42O2Si/c1-6-7-19-29(24-25-32-27(2)26-33(35-32)28-17-11-8-12-18-28)36-37(34(3,4)5,30-20-13-9-14-21-30)31-22-15-10-16-23-31/h6-18,20-23,29,32-33H,2,19,24-26H2,1,3-5H3/b7-6+/t29-,32+,33+/m1/s1. The quantitative estimate of drug-likeness (QED) is 0.205. The predicted molar refractivity (Wildman–Crippen MR) is 159 cm³/mol. The van der Waals surface area contributed by atoms with Crippen LogP contribution < -0.4 is 10.4 Å². The summed E-state index contributed by atoms with van der Waals surface area (Å²) >= 11 is 0. The van der Waals surface area contributed by atoms with Crippen molar-refractivity contribution in [1.82, 2.24) is 0 Å². The third kappa shape index (κ3) is 6.23. The van der Waals surface area contributed by atoms with Crippen LogP contribution in [0.2, 0.25) is 5.04 Å². The fourth-order valence-corrected chi connectivity index (χ4v) is 10.4. The number of hydrogen-bond donors (Lipinski definition) is 0. The minimum atomic E-state index is -2.62. The Bertz CT molecular complexity index is 1110. The highest BCUT2D eigenvalue weighted by Gasteiger charge is 2.51. The van der Waals surface area contributed by atoms with Crippen LogP contribution in [-0.2, 0) is 9.16 Å². The minimum absolute atomic E-state index is 0.0459. The number of rotatable bonds is 10. The van der Waals surface area contributed by atoms with Gasteiger partial charge in [0, 0.05) is 12.5 Å². The molecule has 2 nitrogen and oxygen atoms in total. The molecule has 194 valence electrons. The van der Waals surface area contributed by atoms with E-state index in [4.69, 9.17) is 9.16 Å². The number of hydrogen-bond acceptors (Lipinski definition) is 2. The zero-order chi connectivity index (χ0) is 26.3. The summed E-state index contributed by atoms with van der Waals surface area (Å²) in [6.45, 7) is 13.5. The highest BCUT2D eigenvalue weighted by Crippen LogP contribution is 2.40. The lowest BCUT2D eigenvalue weighted by atomic mass is 10.00. The maximum Gasteiger partial charge on any atom is 0.261 e. The molecule has 0 saturated carbocycles. The van der Waals surface area contributed by atoms with Gasteiger partial charge in [-0.05, 0) is 52.7 Å². The van der Waals surface area contributed by atoms with Gasteiger partial charge in [0.15, 0.2) is 0 Å². The lowest BCUT2D eigenvalue weighted by Gasteiger charge is -2.45. The Kier molecular flexibility index (Phi) is 9.02. The molecule has 0 spiro atoms. The third-order valence-electron chi connectivity index (χ3n) is 7.55. The van der Waals surface area contributed by atoms with Crippen molar-refractivity contribution in [2.75, 3.05) is 0 Å². The van der Waals surface area contributed by atoms with Crippen LogP contribution in [0.15, 0.2) is 115 Å². The van der Waals surface area contributed by atoms with Crippen molar-refractivity contribution in [3.8, 4) is 0 Å². The summed E-state index contributed by atoms with van der Waals surface area (Å²) in [5.41, 5.74) is 2.43. The second-order valence-electron chi connectivity index (χ2n) is 11.2. The molecule has 0 aromatic heterocycles. The summed E-state index contributed by atoms with van der Waals surface area (Å²) in [5, 5.41) is 2.60. The van der Waals surface area contributed by atoms with Crippen LogP contribution in [0.4, 0.5) is 0 Å². The van der Waals surface area contributed by atoms with Crippen molar-refractivity contribution in [3.63, 3.8) is 0 Å². The molecule has 3 atom stereocenters. The van der Waals surface area contributed by atoms with Crippen molar-refractivity contribution < 1.29 is 9.16 Å². The third-order valence-corrected chi connectivity index (χ3v) is 12.6. The Morgan fingerprint density at radius 1 is 0.919 bits per heavy atom. The van der Waals surface area contributed by atoms with Gasteiger partial charge in [-0.1, -0.05) is 130 Å². The van der Waals surface area contributed by atoms with Gasteiger partial charge in [-0.15, -0.1) is 0 Å². The topological polar surface area (TPSA) is 18.5 Å². The first-order chi connectivity index (χ1) is 17.8. The molecule has 1 fully saturated rings. The summed E-state index contributed by atoms with van der Waals surface area (Å²) in [7, 11) is -2.62. The van der Waals surface area contributed by atoms with Gasteiger partial charge in [0.05, 0.1) is 12.2 Å². The van der Waals surface area contributed by atoms with E-state index in [-0.39, 0.29) is 23.4 Å². The van der Waals surface area contributed by atoms with E-state index in [0.29, 0.717) is 0 Å². The van der Waals surface area contributed by atoms with Crippen molar-refractivity contribution in [2.45, 2.75) is 76.7 Å². The fraction of sp³-hybridized carbons (Fsp3) is 0.353. The van der Waals surface area contributed by atoms with Gasteiger partial charge >= 0.3 is 0 Å². The van der Waals surface area contributed by atoms with E-state index in [1.807, 2.05) is 0 Å². The summed E-state index contributed by atoms with van der Waals surface area (Å²) in [6, 6.07) is 32.4. The van der Waals surface area contributed by atoms with Crippen molar-refractivity contribution in [1.29, 1.82) is 0 Å². The smallest absolute Gasteiger partial charge is 0.261 e. The van der Waals surface area contributed by atoms with Crippen molar-refractivity contribution in [3.05, 3.63) is 121 Å². The summed E-state index contributed by atoms with van der Waals surface area (Å²) in [6.07, 6.45) is 8.29. The van der Waals surface area contributed by atoms with Gasteiger partial charge in [0.2, 0.25) is 0 Å². The van der Waals surface area contributed by atoms with Gasteiger partial charge in [-0.3, -0.25) is 0 Å². The Labute approximate surface area is 225 Å². The van der Waals surface area contributed by atoms with E-state index in [1.165, 1.54) is 21.5 Å². The Hall–Kier alpha value is -2.72. The predicted octanol–water partition coefficient (Wildman–Crippen LogP) is 7.76. The molecule has 1 heterocycles. The Morgan fingerprint density at radius 2 is 1.46 bits per heavy atom. The van der Waals surface area contributed by atoms with Gasteiger partial charge in [0.25, 0.3) is 8.32 Å². The maximum absolute atomic E-state index is 7.49. The molecule has 0 bridgehead atoms. The molecule has 37 heavy (non-hydrogen) atoms. The van der Waals surface area contributed by atoms with Crippen LogP contribution in [0.1, 0.15) is 65.0 Å². The summed E-state index contributed by atoms with van der Waals surface area (Å²) in [4.78, 5) is 0. The highest BCUT2D eigenvalue weighted by molar-refractivity contribution is 6.99. The fourth-order valence-electron chi connectivity index (χ4n) is 5.64. The maximum atomic E-state index is 7.49. The average Bonchev–Trinajstić information content (AvgIpc) is 3.29. The van der Waals surface area contributed by atoms with E-state index in [1.54, 1.807) is 0 Å². The molecular weight excluding hydrogens is 468 g/mol. The van der Waals surface area contributed by atoms with Crippen LogP contribution in [0.5, 0.6) is 0 Å². The first kappa shape index (κ1) is 27.3. The Morgan fingerprint density at radius 3 is 1.97 bits per heavy atom. The molecule has 0 amide bonds. The van der Waals surface area contributed by atoms with Crippen LogP contribution in [0.3, 0.4) is 0 Å². The normalized spacial score (nSPS) is 19.4. The van der Waals surface area contributed by atoms with Gasteiger partial charge in [-0.2, -0.15) is 0 Å². The molecule has 1 aliphatic heterocycles. The average molecular weight is 511 g/mol. The van der Waals surface area contributed by atoms with E-state index in [2.05, 4.69) is 137 Å². The molecule has 4 rings (SSSR count). The second kappa shape index (κ2) is 12.2. The molecule has 3 aromatic rings. The Balaban J connectivity index is 1.61. The van der Waals surface area contributed by atoms with Crippen LogP contribution in [-0.4, -0.2) is 20.5 Å².